The highest BCUT2D eigenvalue weighted by atomic mass is 31.2. The lowest BCUT2D eigenvalue weighted by Crippen LogP contribution is -2.30. The summed E-state index contributed by atoms with van der Waals surface area (Å²) in [6, 6.07) is 0. The van der Waals surface area contributed by atoms with Crippen LogP contribution in [0, 0.1) is 23.7 Å². The molecule has 570 valence electrons. The fraction of sp³-hybridized carbons (Fsp3) is 0.948. The first-order valence-corrected chi connectivity index (χ1v) is 42.8. The lowest BCUT2D eigenvalue weighted by Gasteiger charge is -2.21. The highest BCUT2D eigenvalue weighted by Gasteiger charge is 2.30. The van der Waals surface area contributed by atoms with E-state index in [0.717, 1.165) is 114 Å². The van der Waals surface area contributed by atoms with Gasteiger partial charge in [-0.05, 0) is 49.4 Å². The van der Waals surface area contributed by atoms with Gasteiger partial charge in [0.05, 0.1) is 26.4 Å². The zero-order valence-electron chi connectivity index (χ0n) is 63.0. The predicted molar refractivity (Wildman–Crippen MR) is 391 cm³/mol. The van der Waals surface area contributed by atoms with Crippen molar-refractivity contribution in [2.24, 2.45) is 23.7 Å². The molecule has 0 aromatic heterocycles. The minimum absolute atomic E-state index is 0.105. The first-order valence-electron chi connectivity index (χ1n) is 39.8. The van der Waals surface area contributed by atoms with Crippen LogP contribution >= 0.6 is 15.6 Å². The number of carbonyl (C=O) groups is 4. The number of ether oxygens (including phenoxy) is 4. The lowest BCUT2D eigenvalue weighted by atomic mass is 9.99. The van der Waals surface area contributed by atoms with Gasteiger partial charge in [-0.15, -0.1) is 0 Å². The maximum absolute atomic E-state index is 13.1. The number of aliphatic hydroxyl groups is 1. The molecule has 96 heavy (non-hydrogen) atoms. The van der Waals surface area contributed by atoms with Crippen molar-refractivity contribution < 1.29 is 80.2 Å². The van der Waals surface area contributed by atoms with Gasteiger partial charge in [-0.2, -0.15) is 0 Å². The van der Waals surface area contributed by atoms with Gasteiger partial charge in [-0.3, -0.25) is 37.3 Å². The summed E-state index contributed by atoms with van der Waals surface area (Å²) >= 11 is 0. The number of esters is 4. The average Bonchev–Trinajstić information content (AvgIpc) is 1.19. The molecule has 3 N–H and O–H groups in total. The van der Waals surface area contributed by atoms with Crippen molar-refractivity contribution in [3.05, 3.63) is 0 Å². The Hall–Kier alpha value is -1.94. The molecule has 0 radical (unpaired) electrons. The molecule has 0 bridgehead atoms. The minimum atomic E-state index is -4.96. The molecule has 19 heteroatoms. The van der Waals surface area contributed by atoms with Gasteiger partial charge in [0.2, 0.25) is 0 Å². The van der Waals surface area contributed by atoms with E-state index in [0.29, 0.717) is 25.7 Å². The molecule has 0 aromatic rings. The summed E-state index contributed by atoms with van der Waals surface area (Å²) in [7, 11) is -9.92. The molecule has 0 amide bonds. The lowest BCUT2D eigenvalue weighted by molar-refractivity contribution is -0.161. The van der Waals surface area contributed by atoms with Gasteiger partial charge < -0.3 is 33.8 Å². The SMILES string of the molecule is CCC(C)CCCCCCCCCCCCCCCCC(=O)O[C@H](COC(=O)CCCCCCCCCCCCCC(C)C)COP(=O)(O)OC[C@@H](O)COP(=O)(O)OC[C@@H](COC(=O)CCCCCCCCCCC(C)CC)OC(=O)CCCCCCCCCCCC(C)C. The standard InChI is InChI=1S/C77H150O17P2/c1-9-69(7)55-47-39-31-23-17-13-11-12-14-18-25-35-43-51-59-76(81)93-72(63-87-74(79)57-49-41-33-24-19-15-16-21-29-37-45-53-67(3)4)65-91-95(83,84)89-61-71(78)62-90-96(85,86)92-66-73(94-77(82)60-52-44-36-26-20-22-30-38-46-54-68(5)6)64-88-75(80)58-50-42-34-28-27-32-40-48-56-70(8)10-2/h67-73,78H,9-66H2,1-8H3,(H,83,84)(H,85,86)/t69?,70?,71-,72-,73-/m1/s1. The first kappa shape index (κ1) is 94.1. The highest BCUT2D eigenvalue weighted by Crippen LogP contribution is 2.45. The maximum Gasteiger partial charge on any atom is 0.472 e. The van der Waals surface area contributed by atoms with Gasteiger partial charge in [-0.1, -0.05) is 338 Å². The third-order valence-corrected chi connectivity index (χ3v) is 20.4. The van der Waals surface area contributed by atoms with Crippen LogP contribution in [-0.4, -0.2) is 96.7 Å². The van der Waals surface area contributed by atoms with Crippen molar-refractivity contribution >= 4 is 39.5 Å². The van der Waals surface area contributed by atoms with E-state index in [1.165, 1.54) is 193 Å². The van der Waals surface area contributed by atoms with Crippen LogP contribution in [0.3, 0.4) is 0 Å². The van der Waals surface area contributed by atoms with E-state index in [1.54, 1.807) is 0 Å². The van der Waals surface area contributed by atoms with Crippen molar-refractivity contribution in [3.8, 4) is 0 Å². The number of hydrogen-bond acceptors (Lipinski definition) is 15. The molecule has 0 spiro atoms. The van der Waals surface area contributed by atoms with Crippen LogP contribution < -0.4 is 0 Å². The summed E-state index contributed by atoms with van der Waals surface area (Å²) in [6.45, 7) is 14.2. The Bertz CT molecular complexity index is 1890. The van der Waals surface area contributed by atoms with E-state index < -0.39 is 97.5 Å². The van der Waals surface area contributed by atoms with Gasteiger partial charge in [-0.25, -0.2) is 9.13 Å². The number of rotatable bonds is 74. The third kappa shape index (κ3) is 67.9. The second-order valence-corrected chi connectivity index (χ2v) is 32.1. The summed E-state index contributed by atoms with van der Waals surface area (Å²) < 4.78 is 68.6. The molecule has 0 saturated heterocycles. The Labute approximate surface area is 588 Å². The minimum Gasteiger partial charge on any atom is -0.462 e. The number of unbranched alkanes of at least 4 members (excludes halogenated alkanes) is 38. The van der Waals surface area contributed by atoms with Gasteiger partial charge in [0.1, 0.15) is 19.3 Å². The Morgan fingerprint density at radius 3 is 0.740 bits per heavy atom. The molecule has 0 heterocycles. The van der Waals surface area contributed by atoms with E-state index in [9.17, 15) is 43.2 Å². The van der Waals surface area contributed by atoms with Crippen LogP contribution in [0.1, 0.15) is 389 Å². The third-order valence-electron chi connectivity index (χ3n) is 18.5. The zero-order valence-corrected chi connectivity index (χ0v) is 64.8. The number of aliphatic hydroxyl groups excluding tert-OH is 1. The largest absolute Gasteiger partial charge is 0.472 e. The number of hydrogen-bond donors (Lipinski definition) is 3. The fourth-order valence-electron chi connectivity index (χ4n) is 11.7. The summed E-state index contributed by atoms with van der Waals surface area (Å²) in [4.78, 5) is 72.9. The highest BCUT2D eigenvalue weighted by molar-refractivity contribution is 7.47. The number of carbonyl (C=O) groups excluding carboxylic acids is 4. The topological polar surface area (TPSA) is 237 Å². The molecular formula is C77H150O17P2. The van der Waals surface area contributed by atoms with Crippen molar-refractivity contribution in [1.82, 2.24) is 0 Å². The Morgan fingerprint density at radius 1 is 0.292 bits per heavy atom. The quantitative estimate of drug-likeness (QED) is 0.0222. The second-order valence-electron chi connectivity index (χ2n) is 29.2. The van der Waals surface area contributed by atoms with Gasteiger partial charge in [0.25, 0.3) is 0 Å². The normalized spacial score (nSPS) is 14.7. The zero-order chi connectivity index (χ0) is 71.0. The Balaban J connectivity index is 5.27. The van der Waals surface area contributed by atoms with E-state index in [1.807, 2.05) is 0 Å². The van der Waals surface area contributed by atoms with Crippen LogP contribution in [-0.2, 0) is 65.4 Å². The molecule has 0 aliphatic rings. The fourth-order valence-corrected chi connectivity index (χ4v) is 13.2. The molecular weight excluding hydrogens is 1260 g/mol. The van der Waals surface area contributed by atoms with E-state index in [-0.39, 0.29) is 25.7 Å². The van der Waals surface area contributed by atoms with Crippen LogP contribution in [0.5, 0.6) is 0 Å². The summed E-state index contributed by atoms with van der Waals surface area (Å²) in [5, 5.41) is 10.6. The van der Waals surface area contributed by atoms with E-state index in [2.05, 4.69) is 55.4 Å². The maximum atomic E-state index is 13.1. The molecule has 0 saturated carbocycles. The van der Waals surface area contributed by atoms with Crippen molar-refractivity contribution in [3.63, 3.8) is 0 Å². The molecule has 7 atom stereocenters. The van der Waals surface area contributed by atoms with Crippen LogP contribution in [0.4, 0.5) is 0 Å². The smallest absolute Gasteiger partial charge is 0.462 e. The van der Waals surface area contributed by atoms with E-state index >= 15 is 0 Å². The summed E-state index contributed by atoms with van der Waals surface area (Å²) in [5.74, 6) is 1.01. The van der Waals surface area contributed by atoms with Crippen LogP contribution in [0.2, 0.25) is 0 Å². The number of phosphoric ester groups is 2. The Morgan fingerprint density at radius 2 is 0.500 bits per heavy atom. The van der Waals surface area contributed by atoms with Crippen molar-refractivity contribution in [1.29, 1.82) is 0 Å². The second kappa shape index (κ2) is 66.3. The first-order chi connectivity index (χ1) is 46.2. The van der Waals surface area contributed by atoms with Gasteiger partial charge in [0, 0.05) is 25.7 Å². The monoisotopic (exact) mass is 1410 g/mol. The molecule has 0 rings (SSSR count). The average molecular weight is 1410 g/mol. The molecule has 0 aliphatic heterocycles. The van der Waals surface area contributed by atoms with E-state index in [4.69, 9.17) is 37.0 Å². The molecule has 4 unspecified atom stereocenters. The van der Waals surface area contributed by atoms with Crippen molar-refractivity contribution in [2.45, 2.75) is 408 Å². The summed E-state index contributed by atoms with van der Waals surface area (Å²) in [5.41, 5.74) is 0. The molecule has 0 aromatic carbocycles. The summed E-state index contributed by atoms with van der Waals surface area (Å²) in [6.07, 6.45) is 51.2. The van der Waals surface area contributed by atoms with Crippen molar-refractivity contribution in [2.75, 3.05) is 39.6 Å². The molecule has 0 aliphatic carbocycles. The van der Waals surface area contributed by atoms with Gasteiger partial charge in [0.15, 0.2) is 12.2 Å². The molecule has 0 fully saturated rings. The van der Waals surface area contributed by atoms with Crippen LogP contribution in [0.25, 0.3) is 0 Å². The molecule has 17 nitrogen and oxygen atoms in total. The predicted octanol–water partition coefficient (Wildman–Crippen LogP) is 22.4. The Kier molecular flexibility index (Phi) is 65.0. The number of phosphoric acid groups is 2. The van der Waals surface area contributed by atoms with Crippen LogP contribution in [0.15, 0.2) is 0 Å². The van der Waals surface area contributed by atoms with Gasteiger partial charge >= 0.3 is 39.5 Å².